The molecule has 1 N–H and O–H groups in total. The van der Waals surface area contributed by atoms with E-state index in [9.17, 15) is 5.11 Å². The third-order valence-corrected chi connectivity index (χ3v) is 3.49. The Balaban J connectivity index is 2.12. The number of ether oxygens (including phenoxy) is 1. The quantitative estimate of drug-likeness (QED) is 0.867. The van der Waals surface area contributed by atoms with Gasteiger partial charge in [0.1, 0.15) is 11.9 Å². The number of aliphatic hydroxyl groups excluding tert-OH is 1. The SMILES string of the molecule is CC(C)c1ccccc1O[C@@H]1CCCC[C@H]1O. The molecule has 1 aromatic rings. The molecule has 0 amide bonds. The average molecular weight is 234 g/mol. The first kappa shape index (κ1) is 12.4. The van der Waals surface area contributed by atoms with E-state index in [4.69, 9.17) is 4.74 Å². The van der Waals surface area contributed by atoms with Gasteiger partial charge in [-0.2, -0.15) is 0 Å². The van der Waals surface area contributed by atoms with Crippen LogP contribution in [-0.2, 0) is 0 Å². The van der Waals surface area contributed by atoms with Gasteiger partial charge in [-0.1, -0.05) is 38.5 Å². The zero-order valence-electron chi connectivity index (χ0n) is 10.7. The van der Waals surface area contributed by atoms with E-state index in [-0.39, 0.29) is 12.2 Å². The number of para-hydroxylation sites is 1. The lowest BCUT2D eigenvalue weighted by molar-refractivity contribution is 0.00629. The Kier molecular flexibility index (Phi) is 4.06. The zero-order valence-corrected chi connectivity index (χ0v) is 10.7. The van der Waals surface area contributed by atoms with E-state index in [2.05, 4.69) is 19.9 Å². The lowest BCUT2D eigenvalue weighted by Gasteiger charge is -2.29. The van der Waals surface area contributed by atoms with Gasteiger partial charge in [-0.3, -0.25) is 0 Å². The molecular formula is C15H22O2. The van der Waals surface area contributed by atoms with Crippen LogP contribution in [0.1, 0.15) is 51.0 Å². The van der Waals surface area contributed by atoms with Gasteiger partial charge < -0.3 is 9.84 Å². The summed E-state index contributed by atoms with van der Waals surface area (Å²) in [5.74, 6) is 1.39. The van der Waals surface area contributed by atoms with Crippen molar-refractivity contribution in [2.24, 2.45) is 0 Å². The van der Waals surface area contributed by atoms with Gasteiger partial charge in [0.25, 0.3) is 0 Å². The predicted octanol–water partition coefficient (Wildman–Crippen LogP) is 3.49. The highest BCUT2D eigenvalue weighted by Crippen LogP contribution is 2.30. The molecule has 2 atom stereocenters. The van der Waals surface area contributed by atoms with Gasteiger partial charge in [0.2, 0.25) is 0 Å². The average Bonchev–Trinajstić information content (AvgIpc) is 2.32. The summed E-state index contributed by atoms with van der Waals surface area (Å²) in [5.41, 5.74) is 1.23. The fourth-order valence-electron chi connectivity index (χ4n) is 2.44. The lowest BCUT2D eigenvalue weighted by Crippen LogP contribution is -2.34. The fraction of sp³-hybridized carbons (Fsp3) is 0.600. The van der Waals surface area contributed by atoms with E-state index in [1.54, 1.807) is 0 Å². The molecule has 0 spiro atoms. The van der Waals surface area contributed by atoms with Crippen LogP contribution in [0.5, 0.6) is 5.75 Å². The van der Waals surface area contributed by atoms with E-state index in [0.29, 0.717) is 5.92 Å². The number of rotatable bonds is 3. The molecule has 2 rings (SSSR count). The summed E-state index contributed by atoms with van der Waals surface area (Å²) in [6, 6.07) is 8.15. The monoisotopic (exact) mass is 234 g/mol. The van der Waals surface area contributed by atoms with Crippen molar-refractivity contribution in [3.8, 4) is 5.75 Å². The Bertz CT molecular complexity index is 360. The minimum atomic E-state index is -0.302. The molecule has 0 aromatic heterocycles. The normalized spacial score (nSPS) is 24.9. The molecule has 1 fully saturated rings. The third-order valence-electron chi connectivity index (χ3n) is 3.49. The molecule has 0 saturated heterocycles. The Labute approximate surface area is 104 Å². The van der Waals surface area contributed by atoms with Gasteiger partial charge in [0, 0.05) is 0 Å². The summed E-state index contributed by atoms with van der Waals surface area (Å²) < 4.78 is 6.01. The Morgan fingerprint density at radius 1 is 1.18 bits per heavy atom. The van der Waals surface area contributed by atoms with Crippen molar-refractivity contribution in [2.75, 3.05) is 0 Å². The molecule has 0 aliphatic heterocycles. The molecule has 2 heteroatoms. The molecular weight excluding hydrogens is 212 g/mol. The molecule has 0 heterocycles. The summed E-state index contributed by atoms with van der Waals surface area (Å²) >= 11 is 0. The van der Waals surface area contributed by atoms with Crippen LogP contribution in [0.2, 0.25) is 0 Å². The molecule has 0 bridgehead atoms. The van der Waals surface area contributed by atoms with Crippen LogP contribution in [0.4, 0.5) is 0 Å². The molecule has 1 saturated carbocycles. The molecule has 0 unspecified atom stereocenters. The van der Waals surface area contributed by atoms with Gasteiger partial charge in [-0.05, 0) is 36.8 Å². The first-order chi connectivity index (χ1) is 8.18. The predicted molar refractivity (Wildman–Crippen MR) is 69.4 cm³/mol. The van der Waals surface area contributed by atoms with Crippen LogP contribution in [-0.4, -0.2) is 17.3 Å². The van der Waals surface area contributed by atoms with Crippen molar-refractivity contribution in [2.45, 2.75) is 57.7 Å². The topological polar surface area (TPSA) is 29.5 Å². The highest BCUT2D eigenvalue weighted by atomic mass is 16.5. The molecule has 94 valence electrons. The van der Waals surface area contributed by atoms with E-state index < -0.39 is 0 Å². The highest BCUT2D eigenvalue weighted by molar-refractivity contribution is 5.35. The summed E-state index contributed by atoms with van der Waals surface area (Å²) in [6.07, 6.45) is 3.79. The molecule has 0 radical (unpaired) electrons. The Morgan fingerprint density at radius 3 is 2.59 bits per heavy atom. The molecule has 1 aliphatic rings. The van der Waals surface area contributed by atoms with Crippen molar-refractivity contribution >= 4 is 0 Å². The van der Waals surface area contributed by atoms with Crippen LogP contribution in [0.25, 0.3) is 0 Å². The van der Waals surface area contributed by atoms with E-state index in [0.717, 1.165) is 31.4 Å². The second kappa shape index (κ2) is 5.54. The van der Waals surface area contributed by atoms with Crippen LogP contribution in [0.3, 0.4) is 0 Å². The van der Waals surface area contributed by atoms with Gasteiger partial charge in [-0.15, -0.1) is 0 Å². The largest absolute Gasteiger partial charge is 0.487 e. The van der Waals surface area contributed by atoms with E-state index in [1.807, 2.05) is 18.2 Å². The van der Waals surface area contributed by atoms with Crippen molar-refractivity contribution in [3.63, 3.8) is 0 Å². The fourth-order valence-corrected chi connectivity index (χ4v) is 2.44. The maximum absolute atomic E-state index is 9.93. The minimum absolute atomic E-state index is 0.0244. The zero-order chi connectivity index (χ0) is 12.3. The number of aliphatic hydroxyl groups is 1. The van der Waals surface area contributed by atoms with Crippen LogP contribution in [0, 0.1) is 0 Å². The van der Waals surface area contributed by atoms with Crippen LogP contribution < -0.4 is 4.74 Å². The minimum Gasteiger partial charge on any atom is -0.487 e. The number of hydrogen-bond donors (Lipinski definition) is 1. The molecule has 17 heavy (non-hydrogen) atoms. The molecule has 1 aliphatic carbocycles. The van der Waals surface area contributed by atoms with Crippen LogP contribution in [0.15, 0.2) is 24.3 Å². The van der Waals surface area contributed by atoms with Gasteiger partial charge in [-0.25, -0.2) is 0 Å². The van der Waals surface area contributed by atoms with Gasteiger partial charge in [0.15, 0.2) is 0 Å². The first-order valence-electron chi connectivity index (χ1n) is 6.62. The second-order valence-corrected chi connectivity index (χ2v) is 5.20. The van der Waals surface area contributed by atoms with Gasteiger partial charge in [0.05, 0.1) is 6.10 Å². The number of benzene rings is 1. The maximum Gasteiger partial charge on any atom is 0.124 e. The van der Waals surface area contributed by atoms with Crippen molar-refractivity contribution in [1.82, 2.24) is 0 Å². The van der Waals surface area contributed by atoms with Crippen LogP contribution >= 0.6 is 0 Å². The van der Waals surface area contributed by atoms with Crippen molar-refractivity contribution in [1.29, 1.82) is 0 Å². The number of hydrogen-bond acceptors (Lipinski definition) is 2. The molecule has 2 nitrogen and oxygen atoms in total. The third kappa shape index (κ3) is 3.01. The maximum atomic E-state index is 9.93. The summed E-state index contributed by atoms with van der Waals surface area (Å²) in [6.45, 7) is 4.33. The van der Waals surface area contributed by atoms with Crippen molar-refractivity contribution < 1.29 is 9.84 Å². The van der Waals surface area contributed by atoms with E-state index in [1.165, 1.54) is 5.56 Å². The van der Waals surface area contributed by atoms with E-state index >= 15 is 0 Å². The van der Waals surface area contributed by atoms with Gasteiger partial charge >= 0.3 is 0 Å². The Morgan fingerprint density at radius 2 is 1.88 bits per heavy atom. The lowest BCUT2D eigenvalue weighted by atomic mass is 9.94. The van der Waals surface area contributed by atoms with Crippen molar-refractivity contribution in [3.05, 3.63) is 29.8 Å². The Hall–Kier alpha value is -1.02. The first-order valence-corrected chi connectivity index (χ1v) is 6.62. The highest BCUT2D eigenvalue weighted by Gasteiger charge is 2.25. The second-order valence-electron chi connectivity index (χ2n) is 5.20. The smallest absolute Gasteiger partial charge is 0.124 e. The standard InChI is InChI=1S/C15H22O2/c1-11(2)12-7-3-5-9-14(12)17-15-10-6-4-8-13(15)16/h3,5,7,9,11,13,15-16H,4,6,8,10H2,1-2H3/t13-,15-/m1/s1. The summed E-state index contributed by atoms with van der Waals surface area (Å²) in [5, 5.41) is 9.93. The summed E-state index contributed by atoms with van der Waals surface area (Å²) in [4.78, 5) is 0. The molecule has 1 aromatic carbocycles. The summed E-state index contributed by atoms with van der Waals surface area (Å²) in [7, 11) is 0.